The quantitative estimate of drug-likeness (QED) is 0.0373. The molecule has 0 bridgehead atoms. The first kappa shape index (κ1) is 86.0. The smallest absolute Gasteiger partial charge is 0.306 e. The summed E-state index contributed by atoms with van der Waals surface area (Å²) in [5.74, 6) is -0.586. The van der Waals surface area contributed by atoms with E-state index in [0.717, 1.165) is 103 Å². The molecule has 0 spiro atoms. The number of hydrogen-bond donors (Lipinski definition) is 1. The minimum atomic E-state index is -0.783. The second-order valence-electron chi connectivity index (χ2n) is 25.7. The minimum Gasteiger partial charge on any atom is -0.462 e. The van der Waals surface area contributed by atoms with E-state index in [-0.39, 0.29) is 25.2 Å². The van der Waals surface area contributed by atoms with E-state index in [1.54, 1.807) is 0 Å². The van der Waals surface area contributed by atoms with Crippen LogP contribution < -0.4 is 0 Å². The van der Waals surface area contributed by atoms with Crippen LogP contribution in [0.1, 0.15) is 373 Å². The Kier molecular flexibility index (Phi) is 75.8. The number of aliphatic hydroxyl groups is 1. The molecule has 0 aromatic heterocycles. The van der Waals surface area contributed by atoms with Crippen molar-refractivity contribution in [1.29, 1.82) is 0 Å². The minimum absolute atomic E-state index is 0.0699. The lowest BCUT2D eigenvalue weighted by Crippen LogP contribution is -2.28. The Balaban J connectivity index is 3.46. The Bertz CT molecular complexity index is 1800. The molecule has 0 rings (SSSR count). The van der Waals surface area contributed by atoms with E-state index in [1.165, 1.54) is 244 Å². The molecule has 516 valence electrons. The highest BCUT2D eigenvalue weighted by molar-refractivity contribution is 5.70. The zero-order valence-electron chi connectivity index (χ0n) is 59.4. The van der Waals surface area contributed by atoms with E-state index in [4.69, 9.17) is 9.47 Å². The monoisotopic (exact) mass is 1250 g/mol. The molecule has 1 atom stereocenters. The molecule has 0 aromatic carbocycles. The van der Waals surface area contributed by atoms with Crippen LogP contribution in [0.5, 0.6) is 0 Å². The summed E-state index contributed by atoms with van der Waals surface area (Å²) in [6.45, 7) is 4.04. The number of carbonyl (C=O) groups excluding carboxylic acids is 2. The van der Waals surface area contributed by atoms with Gasteiger partial charge >= 0.3 is 11.9 Å². The SMILES string of the molecule is CC/C=C\C/C=C\C/C=C\C/C=C\C/C=C\C/C=C\C/C=C\C/C=C\CCCCCCCCCCCCC(=O)OC(CO)COC(=O)CCCCCCCCCCCCCCCCCCCCCCCCCCCC/C=C\C/C=C\C/C=C\CCCCCCC. The van der Waals surface area contributed by atoms with E-state index in [9.17, 15) is 14.7 Å². The van der Waals surface area contributed by atoms with Crippen molar-refractivity contribution < 1.29 is 24.2 Å². The molecule has 0 saturated heterocycles. The van der Waals surface area contributed by atoms with Gasteiger partial charge in [-0.15, -0.1) is 0 Å². The molecular weight excluding hydrogens is 1100 g/mol. The fraction of sp³-hybridized carbons (Fsp3) is 0.718. The molecule has 0 radical (unpaired) electrons. The lowest BCUT2D eigenvalue weighted by atomic mass is 10.0. The van der Waals surface area contributed by atoms with Crippen molar-refractivity contribution in [3.8, 4) is 0 Å². The summed E-state index contributed by atoms with van der Waals surface area (Å²) in [5, 5.41) is 9.72. The van der Waals surface area contributed by atoms with Crippen LogP contribution in [-0.4, -0.2) is 36.4 Å². The number of unbranched alkanes of at least 4 members (excludes halogenated alkanes) is 41. The van der Waals surface area contributed by atoms with Gasteiger partial charge in [0.05, 0.1) is 6.61 Å². The fourth-order valence-electron chi connectivity index (χ4n) is 11.2. The first-order valence-corrected chi connectivity index (χ1v) is 38.7. The molecule has 5 nitrogen and oxygen atoms in total. The Morgan fingerprint density at radius 2 is 0.478 bits per heavy atom. The third-order valence-corrected chi connectivity index (χ3v) is 16.9. The number of allylic oxidation sites excluding steroid dienone is 22. The van der Waals surface area contributed by atoms with Crippen molar-refractivity contribution in [2.45, 2.75) is 380 Å². The normalized spacial score (nSPS) is 13.0. The van der Waals surface area contributed by atoms with Crippen molar-refractivity contribution in [3.05, 3.63) is 134 Å². The maximum absolute atomic E-state index is 12.4. The Morgan fingerprint density at radius 1 is 0.267 bits per heavy atom. The summed E-state index contributed by atoms with van der Waals surface area (Å²) in [6.07, 6.45) is 118. The highest BCUT2D eigenvalue weighted by atomic mass is 16.6. The molecular formula is C85H146O5. The number of esters is 2. The van der Waals surface area contributed by atoms with Crippen LogP contribution in [-0.2, 0) is 19.1 Å². The van der Waals surface area contributed by atoms with Crippen LogP contribution in [0.15, 0.2) is 134 Å². The molecule has 0 heterocycles. The van der Waals surface area contributed by atoms with Gasteiger partial charge in [-0.2, -0.15) is 0 Å². The van der Waals surface area contributed by atoms with E-state index >= 15 is 0 Å². The second-order valence-corrected chi connectivity index (χ2v) is 25.7. The Labute approximate surface area is 559 Å². The molecule has 0 aromatic rings. The number of aliphatic hydroxyl groups excluding tert-OH is 1. The van der Waals surface area contributed by atoms with Crippen LogP contribution in [0.3, 0.4) is 0 Å². The largest absolute Gasteiger partial charge is 0.462 e. The zero-order valence-corrected chi connectivity index (χ0v) is 59.4. The van der Waals surface area contributed by atoms with Gasteiger partial charge in [-0.05, 0) is 116 Å². The van der Waals surface area contributed by atoms with Crippen LogP contribution in [0.25, 0.3) is 0 Å². The lowest BCUT2D eigenvalue weighted by Gasteiger charge is -2.15. The van der Waals surface area contributed by atoms with Gasteiger partial charge in [-0.3, -0.25) is 9.59 Å². The van der Waals surface area contributed by atoms with Crippen molar-refractivity contribution in [3.63, 3.8) is 0 Å². The zero-order chi connectivity index (χ0) is 64.7. The Morgan fingerprint density at radius 3 is 0.722 bits per heavy atom. The molecule has 1 N–H and O–H groups in total. The third-order valence-electron chi connectivity index (χ3n) is 16.9. The van der Waals surface area contributed by atoms with Crippen molar-refractivity contribution in [1.82, 2.24) is 0 Å². The van der Waals surface area contributed by atoms with Crippen molar-refractivity contribution in [2.24, 2.45) is 0 Å². The van der Waals surface area contributed by atoms with Crippen molar-refractivity contribution >= 4 is 11.9 Å². The van der Waals surface area contributed by atoms with Gasteiger partial charge in [0.2, 0.25) is 0 Å². The summed E-state index contributed by atoms with van der Waals surface area (Å²) >= 11 is 0. The van der Waals surface area contributed by atoms with Gasteiger partial charge in [0.25, 0.3) is 0 Å². The van der Waals surface area contributed by atoms with Gasteiger partial charge in [-0.25, -0.2) is 0 Å². The molecule has 0 amide bonds. The molecule has 0 aliphatic heterocycles. The second kappa shape index (κ2) is 79.3. The van der Waals surface area contributed by atoms with Gasteiger partial charge in [-0.1, -0.05) is 379 Å². The van der Waals surface area contributed by atoms with Crippen molar-refractivity contribution in [2.75, 3.05) is 13.2 Å². The number of hydrogen-bond acceptors (Lipinski definition) is 5. The molecule has 0 aliphatic rings. The van der Waals surface area contributed by atoms with Gasteiger partial charge in [0.15, 0.2) is 6.10 Å². The lowest BCUT2D eigenvalue weighted by molar-refractivity contribution is -0.161. The van der Waals surface area contributed by atoms with Gasteiger partial charge in [0, 0.05) is 12.8 Å². The summed E-state index contributed by atoms with van der Waals surface area (Å²) < 4.78 is 10.8. The highest BCUT2D eigenvalue weighted by Crippen LogP contribution is 2.18. The van der Waals surface area contributed by atoms with Crippen LogP contribution in [0.2, 0.25) is 0 Å². The predicted octanol–water partition coefficient (Wildman–Crippen LogP) is 27.4. The topological polar surface area (TPSA) is 72.8 Å². The molecule has 0 fully saturated rings. The molecule has 0 saturated carbocycles. The maximum Gasteiger partial charge on any atom is 0.306 e. The number of ether oxygens (including phenoxy) is 2. The molecule has 1 unspecified atom stereocenters. The van der Waals surface area contributed by atoms with E-state index in [2.05, 4.69) is 148 Å². The number of carbonyl (C=O) groups is 2. The van der Waals surface area contributed by atoms with E-state index < -0.39 is 6.10 Å². The average molecular weight is 1250 g/mol. The van der Waals surface area contributed by atoms with Gasteiger partial charge < -0.3 is 14.6 Å². The summed E-state index contributed by atoms with van der Waals surface area (Å²) in [7, 11) is 0. The molecule has 90 heavy (non-hydrogen) atoms. The highest BCUT2D eigenvalue weighted by Gasteiger charge is 2.16. The maximum atomic E-state index is 12.4. The first-order valence-electron chi connectivity index (χ1n) is 38.7. The predicted molar refractivity (Wildman–Crippen MR) is 398 cm³/mol. The van der Waals surface area contributed by atoms with E-state index in [1.807, 2.05) is 0 Å². The summed E-state index contributed by atoms with van der Waals surface area (Å²) in [4.78, 5) is 24.7. The van der Waals surface area contributed by atoms with Crippen LogP contribution >= 0.6 is 0 Å². The number of rotatable bonds is 71. The summed E-state index contributed by atoms with van der Waals surface area (Å²) in [6, 6.07) is 0. The van der Waals surface area contributed by atoms with Gasteiger partial charge in [0.1, 0.15) is 6.61 Å². The van der Waals surface area contributed by atoms with E-state index in [0.29, 0.717) is 12.8 Å². The van der Waals surface area contributed by atoms with Crippen LogP contribution in [0, 0.1) is 0 Å². The first-order chi connectivity index (χ1) is 44.6. The van der Waals surface area contributed by atoms with Crippen LogP contribution in [0.4, 0.5) is 0 Å². The third kappa shape index (κ3) is 76.5. The Hall–Kier alpha value is -3.96. The fourth-order valence-corrected chi connectivity index (χ4v) is 11.2. The molecule has 0 aliphatic carbocycles. The summed E-state index contributed by atoms with van der Waals surface area (Å²) in [5.41, 5.74) is 0. The standard InChI is InChI=1S/C85H146O5/c1-3-5-7-9-11-13-15-17-19-21-23-25-27-29-31-33-35-37-39-40-41-42-43-44-46-47-49-51-53-55-57-59-61-63-65-67-69-71-73-75-77-79-84(87)89-82-83(81-86)90-85(88)80-78-76-74-72-70-68-66-64-62-60-58-56-54-52-50-48-45-38-36-34-32-30-28-26-24-22-20-18-16-14-12-10-8-6-4-2/h6,8,12,14-15,17-18,20-21,23-24,26-27,29-30,32,36,38,48,50,54,56,83,86H,3-5,7,9-11,13,16,19,22,25,28,31,33-35,37,39-47,49,51-53,55,57-82H2,1-2H3/b8-6-,14-12-,17-15-,20-18-,23-21-,26-24-,29-27-,32-30-,38-36-,50-48-,56-54-. The average Bonchev–Trinajstić information content (AvgIpc) is 3.58. The molecule has 5 heteroatoms.